The summed E-state index contributed by atoms with van der Waals surface area (Å²) in [6, 6.07) is 8.71. The maximum Gasteiger partial charge on any atom is 0.0760 e. The molecule has 0 spiro atoms. The first kappa shape index (κ1) is 15.1. The second-order valence-electron chi connectivity index (χ2n) is 4.98. The third-order valence-corrected chi connectivity index (χ3v) is 3.95. The average Bonchev–Trinajstić information content (AvgIpc) is 2.76. The highest BCUT2D eigenvalue weighted by molar-refractivity contribution is 9.10. The van der Waals surface area contributed by atoms with E-state index in [0.717, 1.165) is 16.7 Å². The van der Waals surface area contributed by atoms with Crippen LogP contribution in [0.2, 0.25) is 0 Å². The summed E-state index contributed by atoms with van der Waals surface area (Å²) in [6.07, 6.45) is 1.84. The number of nitrogens with zero attached hydrogens (tertiary/aromatic N) is 3. The summed E-state index contributed by atoms with van der Waals surface area (Å²) < 4.78 is 2.95. The number of halogens is 1. The Labute approximate surface area is 128 Å². The molecule has 0 fully saturated rings. The number of aryl methyl sites for hydroxylation is 1. The van der Waals surface area contributed by atoms with Gasteiger partial charge < -0.3 is 10.2 Å². The first-order valence-electron chi connectivity index (χ1n) is 6.72. The smallest absolute Gasteiger partial charge is 0.0760 e. The van der Waals surface area contributed by atoms with Crippen LogP contribution >= 0.6 is 15.9 Å². The number of rotatable bonds is 5. The van der Waals surface area contributed by atoms with Crippen molar-refractivity contribution in [2.45, 2.75) is 13.0 Å². The maximum absolute atomic E-state index is 4.32. The van der Waals surface area contributed by atoms with E-state index in [4.69, 9.17) is 0 Å². The molecule has 1 aromatic carbocycles. The second kappa shape index (κ2) is 6.41. The highest BCUT2D eigenvalue weighted by Gasteiger charge is 2.20. The molecule has 0 radical (unpaired) electrons. The lowest BCUT2D eigenvalue weighted by molar-refractivity contribution is 0.571. The van der Waals surface area contributed by atoms with E-state index in [-0.39, 0.29) is 6.04 Å². The fourth-order valence-electron chi connectivity index (χ4n) is 2.30. The van der Waals surface area contributed by atoms with Crippen molar-refractivity contribution in [3.8, 4) is 0 Å². The molecule has 4 nitrogen and oxygen atoms in total. The largest absolute Gasteiger partial charge is 0.378 e. The first-order valence-corrected chi connectivity index (χ1v) is 7.52. The van der Waals surface area contributed by atoms with Gasteiger partial charge in [0.25, 0.3) is 0 Å². The molecule has 0 saturated carbocycles. The van der Waals surface area contributed by atoms with Crippen LogP contribution in [0, 0.1) is 0 Å². The minimum Gasteiger partial charge on any atom is -0.378 e. The van der Waals surface area contributed by atoms with Gasteiger partial charge in [-0.25, -0.2) is 0 Å². The number of benzene rings is 1. The fourth-order valence-corrected chi connectivity index (χ4v) is 2.88. The molecule has 1 heterocycles. The van der Waals surface area contributed by atoms with Gasteiger partial charge in [0.05, 0.1) is 22.4 Å². The molecule has 2 rings (SSSR count). The summed E-state index contributed by atoms with van der Waals surface area (Å²) in [7, 11) is 6.09. The summed E-state index contributed by atoms with van der Waals surface area (Å²) in [6.45, 7) is 3.02. The molecule has 0 saturated heterocycles. The normalized spacial score (nSPS) is 12.4. The monoisotopic (exact) mass is 336 g/mol. The summed E-state index contributed by atoms with van der Waals surface area (Å²) in [5.74, 6) is 0. The van der Waals surface area contributed by atoms with Crippen molar-refractivity contribution < 1.29 is 0 Å². The summed E-state index contributed by atoms with van der Waals surface area (Å²) in [5.41, 5.74) is 3.58. The van der Waals surface area contributed by atoms with Gasteiger partial charge in [0.1, 0.15) is 0 Å². The van der Waals surface area contributed by atoms with Crippen LogP contribution in [0.15, 0.2) is 34.9 Å². The van der Waals surface area contributed by atoms with Gasteiger partial charge in [-0.1, -0.05) is 19.1 Å². The Kier molecular flexibility index (Phi) is 4.83. The van der Waals surface area contributed by atoms with Crippen LogP contribution in [0.25, 0.3) is 0 Å². The zero-order valence-corrected chi connectivity index (χ0v) is 14.0. The zero-order valence-electron chi connectivity index (χ0n) is 12.4. The maximum atomic E-state index is 4.32. The standard InChI is InChI=1S/C15H21BrN4/c1-5-17-14(15-13(16)10-18-20(15)4)11-7-6-8-12(9-11)19(2)3/h6-10,14,17H,5H2,1-4H3. The molecule has 1 N–H and O–H groups in total. The molecule has 0 bridgehead atoms. The minimum absolute atomic E-state index is 0.127. The molecule has 1 unspecified atom stereocenters. The molecule has 0 aliphatic rings. The Hall–Kier alpha value is -1.33. The lowest BCUT2D eigenvalue weighted by Crippen LogP contribution is -2.25. The second-order valence-corrected chi connectivity index (χ2v) is 5.84. The Balaban J connectivity index is 2.46. The van der Waals surface area contributed by atoms with E-state index in [1.165, 1.54) is 11.3 Å². The van der Waals surface area contributed by atoms with E-state index in [2.05, 4.69) is 76.5 Å². The van der Waals surface area contributed by atoms with Crippen molar-refractivity contribution >= 4 is 21.6 Å². The number of hydrogen-bond acceptors (Lipinski definition) is 3. The van der Waals surface area contributed by atoms with E-state index in [1.54, 1.807) is 0 Å². The lowest BCUT2D eigenvalue weighted by atomic mass is 10.0. The van der Waals surface area contributed by atoms with Crippen molar-refractivity contribution in [1.82, 2.24) is 15.1 Å². The quantitative estimate of drug-likeness (QED) is 0.911. The van der Waals surface area contributed by atoms with Crippen molar-refractivity contribution in [3.63, 3.8) is 0 Å². The molecule has 0 aliphatic heterocycles. The summed E-state index contributed by atoms with van der Waals surface area (Å²) >= 11 is 3.60. The molecule has 0 aliphatic carbocycles. The SMILES string of the molecule is CCNC(c1cccc(N(C)C)c1)c1c(Br)cnn1C. The summed E-state index contributed by atoms with van der Waals surface area (Å²) in [4.78, 5) is 2.12. The van der Waals surface area contributed by atoms with Gasteiger partial charge in [0, 0.05) is 26.8 Å². The number of nitrogens with one attached hydrogen (secondary N) is 1. The van der Waals surface area contributed by atoms with Gasteiger partial charge >= 0.3 is 0 Å². The van der Waals surface area contributed by atoms with Gasteiger partial charge in [0.15, 0.2) is 0 Å². The molecule has 1 atom stereocenters. The van der Waals surface area contributed by atoms with Gasteiger partial charge in [-0.3, -0.25) is 4.68 Å². The summed E-state index contributed by atoms with van der Waals surface area (Å²) in [5, 5.41) is 7.86. The van der Waals surface area contributed by atoms with Crippen LogP contribution in [0.4, 0.5) is 5.69 Å². The third kappa shape index (κ3) is 3.04. The molecule has 2 aromatic rings. The van der Waals surface area contributed by atoms with Crippen molar-refractivity contribution in [2.24, 2.45) is 7.05 Å². The van der Waals surface area contributed by atoms with Gasteiger partial charge in [0.2, 0.25) is 0 Å². The Morgan fingerprint density at radius 2 is 2.15 bits per heavy atom. The molecule has 5 heteroatoms. The minimum atomic E-state index is 0.127. The Morgan fingerprint density at radius 1 is 1.40 bits per heavy atom. The van der Waals surface area contributed by atoms with Crippen LogP contribution in [-0.4, -0.2) is 30.4 Å². The van der Waals surface area contributed by atoms with Crippen LogP contribution < -0.4 is 10.2 Å². The highest BCUT2D eigenvalue weighted by atomic mass is 79.9. The van der Waals surface area contributed by atoms with E-state index < -0.39 is 0 Å². The van der Waals surface area contributed by atoms with Crippen molar-refractivity contribution in [1.29, 1.82) is 0 Å². The van der Waals surface area contributed by atoms with E-state index >= 15 is 0 Å². The predicted octanol–water partition coefficient (Wildman–Crippen LogP) is 2.95. The fraction of sp³-hybridized carbons (Fsp3) is 0.400. The van der Waals surface area contributed by atoms with Crippen LogP contribution in [0.5, 0.6) is 0 Å². The topological polar surface area (TPSA) is 33.1 Å². The van der Waals surface area contributed by atoms with Gasteiger partial charge in [-0.05, 0) is 40.2 Å². The van der Waals surface area contributed by atoms with E-state index in [1.807, 2.05) is 17.9 Å². The number of anilines is 1. The molecule has 108 valence electrons. The van der Waals surface area contributed by atoms with E-state index in [0.29, 0.717) is 0 Å². The number of aromatic nitrogens is 2. The predicted molar refractivity (Wildman–Crippen MR) is 87.2 cm³/mol. The van der Waals surface area contributed by atoms with Crippen LogP contribution in [-0.2, 0) is 7.05 Å². The third-order valence-electron chi connectivity index (χ3n) is 3.34. The molecule has 1 aromatic heterocycles. The van der Waals surface area contributed by atoms with Crippen molar-refractivity contribution in [3.05, 3.63) is 46.2 Å². The van der Waals surface area contributed by atoms with Gasteiger partial charge in [-0.2, -0.15) is 5.10 Å². The van der Waals surface area contributed by atoms with Crippen LogP contribution in [0.3, 0.4) is 0 Å². The number of hydrogen-bond donors (Lipinski definition) is 1. The Morgan fingerprint density at radius 3 is 2.70 bits per heavy atom. The zero-order chi connectivity index (χ0) is 14.7. The van der Waals surface area contributed by atoms with E-state index in [9.17, 15) is 0 Å². The molecular weight excluding hydrogens is 316 g/mol. The average molecular weight is 337 g/mol. The lowest BCUT2D eigenvalue weighted by Gasteiger charge is -2.21. The molecular formula is C15H21BrN4. The highest BCUT2D eigenvalue weighted by Crippen LogP contribution is 2.29. The van der Waals surface area contributed by atoms with Crippen LogP contribution in [0.1, 0.15) is 24.2 Å². The molecule has 0 amide bonds. The molecule has 20 heavy (non-hydrogen) atoms. The first-order chi connectivity index (χ1) is 9.54. The van der Waals surface area contributed by atoms with Crippen molar-refractivity contribution in [2.75, 3.05) is 25.5 Å². The van der Waals surface area contributed by atoms with Gasteiger partial charge in [-0.15, -0.1) is 0 Å². The Bertz CT molecular complexity index is 558.